The van der Waals surface area contributed by atoms with Crippen molar-refractivity contribution in [3.8, 4) is 0 Å². The van der Waals surface area contributed by atoms with Gasteiger partial charge in [-0.05, 0) is 55.5 Å². The Morgan fingerprint density at radius 2 is 1.25 bits per heavy atom. The predicted octanol–water partition coefficient (Wildman–Crippen LogP) is 6.72. The molecule has 0 spiro atoms. The molecule has 0 fully saturated rings. The first-order valence-electron chi connectivity index (χ1n) is 12.4. The molecule has 0 radical (unpaired) electrons. The maximum Gasteiger partial charge on any atom is 0.330 e. The Kier molecular flexibility index (Phi) is 12.6. The zero-order chi connectivity index (χ0) is 26.2. The summed E-state index contributed by atoms with van der Waals surface area (Å²) in [4.78, 5) is 24.9. The third-order valence-electron chi connectivity index (χ3n) is 5.68. The van der Waals surface area contributed by atoms with Crippen molar-refractivity contribution in [1.82, 2.24) is 0 Å². The summed E-state index contributed by atoms with van der Waals surface area (Å²) in [5, 5.41) is 0. The first kappa shape index (κ1) is 28.4. The number of carbonyl (C=O) groups is 2. The minimum Gasteiger partial charge on any atom is -0.463 e. The summed E-state index contributed by atoms with van der Waals surface area (Å²) in [6, 6.07) is 16.9. The summed E-state index contributed by atoms with van der Waals surface area (Å²) < 4.78 is 10.2. The summed E-state index contributed by atoms with van der Waals surface area (Å²) in [5.74, 6) is -0.864. The van der Waals surface area contributed by atoms with Crippen LogP contribution in [0.4, 0.5) is 5.69 Å². The maximum absolute atomic E-state index is 11.4. The second kappa shape index (κ2) is 15.9. The highest BCUT2D eigenvalue weighted by Gasteiger charge is 2.04. The quantitative estimate of drug-likeness (QED) is 0.121. The molecule has 2 aromatic rings. The highest BCUT2D eigenvalue weighted by Crippen LogP contribution is 2.19. The van der Waals surface area contributed by atoms with Crippen LogP contribution in [-0.4, -0.2) is 38.2 Å². The number of carbonyl (C=O) groups excluding carboxylic acids is 2. The van der Waals surface area contributed by atoms with Crippen LogP contribution in [0.25, 0.3) is 18.2 Å². The summed E-state index contributed by atoms with van der Waals surface area (Å²) in [7, 11) is 0. The summed E-state index contributed by atoms with van der Waals surface area (Å²) >= 11 is 0. The van der Waals surface area contributed by atoms with Gasteiger partial charge in [0.15, 0.2) is 0 Å². The molecule has 2 aromatic carbocycles. The first-order chi connectivity index (χ1) is 17.5. The molecular weight excluding hydrogens is 450 g/mol. The number of nitrogens with zero attached hydrogens (tertiary/aromatic N) is 1. The van der Waals surface area contributed by atoms with Crippen molar-refractivity contribution in [2.24, 2.45) is 0 Å². The molecule has 36 heavy (non-hydrogen) atoms. The van der Waals surface area contributed by atoms with Gasteiger partial charge in [-0.3, -0.25) is 0 Å². The molecule has 5 nitrogen and oxygen atoms in total. The van der Waals surface area contributed by atoms with Gasteiger partial charge in [-0.15, -0.1) is 0 Å². The molecule has 2 rings (SSSR count). The second-order valence-corrected chi connectivity index (χ2v) is 8.16. The fourth-order valence-electron chi connectivity index (χ4n) is 3.66. The number of anilines is 1. The van der Waals surface area contributed by atoms with E-state index >= 15 is 0 Å². The number of hydrogen-bond donors (Lipinski definition) is 0. The van der Waals surface area contributed by atoms with Crippen molar-refractivity contribution in [3.05, 3.63) is 96.1 Å². The Labute approximate surface area is 215 Å². The Hall–Kier alpha value is -3.86. The van der Waals surface area contributed by atoms with E-state index in [2.05, 4.69) is 98.7 Å². The van der Waals surface area contributed by atoms with Gasteiger partial charge in [0.1, 0.15) is 0 Å². The fraction of sp³-hybridized carbons (Fsp3) is 0.290. The van der Waals surface area contributed by atoms with Crippen molar-refractivity contribution in [1.29, 1.82) is 0 Å². The van der Waals surface area contributed by atoms with E-state index < -0.39 is 11.9 Å². The van der Waals surface area contributed by atoms with Crippen LogP contribution in [0.5, 0.6) is 0 Å². The van der Waals surface area contributed by atoms with Crippen molar-refractivity contribution in [2.45, 2.75) is 33.1 Å². The van der Waals surface area contributed by atoms with Crippen molar-refractivity contribution in [2.75, 3.05) is 31.2 Å². The molecule has 0 aromatic heterocycles. The van der Waals surface area contributed by atoms with Gasteiger partial charge in [-0.2, -0.15) is 0 Å². The van der Waals surface area contributed by atoms with Gasteiger partial charge in [0.05, 0.1) is 13.2 Å². The van der Waals surface area contributed by atoms with Crippen LogP contribution < -0.4 is 4.90 Å². The number of esters is 2. The van der Waals surface area contributed by atoms with Crippen LogP contribution in [0.2, 0.25) is 0 Å². The molecule has 0 saturated heterocycles. The van der Waals surface area contributed by atoms with Crippen LogP contribution in [0.15, 0.2) is 79.4 Å². The smallest absolute Gasteiger partial charge is 0.330 e. The summed E-state index contributed by atoms with van der Waals surface area (Å²) in [6.45, 7) is 13.7. The zero-order valence-corrected chi connectivity index (χ0v) is 21.4. The predicted molar refractivity (Wildman–Crippen MR) is 150 cm³/mol. The van der Waals surface area contributed by atoms with Crippen molar-refractivity contribution < 1.29 is 19.1 Å². The molecule has 0 unspecified atom stereocenters. The van der Waals surface area contributed by atoms with Crippen molar-refractivity contribution >= 4 is 35.9 Å². The molecule has 0 atom stereocenters. The number of hydrogen-bond acceptors (Lipinski definition) is 5. The lowest BCUT2D eigenvalue weighted by Gasteiger charge is -2.20. The molecule has 0 saturated carbocycles. The van der Waals surface area contributed by atoms with Gasteiger partial charge < -0.3 is 14.4 Å². The van der Waals surface area contributed by atoms with E-state index in [4.69, 9.17) is 9.47 Å². The molecule has 0 heterocycles. The minimum atomic E-state index is -0.437. The number of ether oxygens (including phenoxy) is 2. The largest absolute Gasteiger partial charge is 0.463 e. The number of rotatable bonds is 15. The topological polar surface area (TPSA) is 55.8 Å². The Bertz CT molecular complexity index is 1040. The molecule has 190 valence electrons. The lowest BCUT2D eigenvalue weighted by atomic mass is 10.0. The van der Waals surface area contributed by atoms with Gasteiger partial charge in [0.2, 0.25) is 0 Å². The van der Waals surface area contributed by atoms with Crippen LogP contribution in [-0.2, 0) is 19.1 Å². The average Bonchev–Trinajstić information content (AvgIpc) is 2.91. The Balaban J connectivity index is 2.02. The lowest BCUT2D eigenvalue weighted by Crippen LogP contribution is -2.21. The van der Waals surface area contributed by atoms with Gasteiger partial charge in [-0.1, -0.05) is 73.4 Å². The minimum absolute atomic E-state index is 0.275. The van der Waals surface area contributed by atoms with Crippen LogP contribution in [0.3, 0.4) is 0 Å². The zero-order valence-electron chi connectivity index (χ0n) is 21.4. The molecule has 5 heteroatoms. The second-order valence-electron chi connectivity index (χ2n) is 8.16. The van der Waals surface area contributed by atoms with Crippen LogP contribution in [0, 0.1) is 0 Å². The first-order valence-corrected chi connectivity index (χ1v) is 12.4. The lowest BCUT2D eigenvalue weighted by molar-refractivity contribution is -0.138. The van der Waals surface area contributed by atoms with Crippen molar-refractivity contribution in [3.63, 3.8) is 0 Å². The average molecular weight is 488 g/mol. The third-order valence-corrected chi connectivity index (χ3v) is 5.68. The Morgan fingerprint density at radius 3 is 1.78 bits per heavy atom. The molecule has 0 aliphatic rings. The highest BCUT2D eigenvalue weighted by molar-refractivity contribution is 5.81. The highest BCUT2D eigenvalue weighted by atomic mass is 16.5. The maximum atomic E-state index is 11.4. The molecule has 0 amide bonds. The van der Waals surface area contributed by atoms with E-state index in [0.29, 0.717) is 19.4 Å². The van der Waals surface area contributed by atoms with Crippen LogP contribution in [0.1, 0.15) is 49.8 Å². The standard InChI is InChI=1S/C31H37NO4/c1-5-30(33)35-22-9-10-27(21-23-36-31(34)6-2)24-28-15-13-25(14-16-28)11-12-26-17-19-29(20-18-26)32(7-3)8-4/h5-6,11-20,24H,1-2,7-10,21-23H2,3-4H3/b12-11+,27-24-. The summed E-state index contributed by atoms with van der Waals surface area (Å²) in [5.41, 5.74) is 5.67. The van der Waals surface area contributed by atoms with Gasteiger partial charge in [-0.25, -0.2) is 9.59 Å². The summed E-state index contributed by atoms with van der Waals surface area (Å²) in [6.07, 6.45) is 10.6. The van der Waals surface area contributed by atoms with E-state index in [-0.39, 0.29) is 6.61 Å². The van der Waals surface area contributed by atoms with E-state index in [1.54, 1.807) is 0 Å². The molecule has 0 aliphatic heterocycles. The normalized spacial score (nSPS) is 11.2. The molecular formula is C31H37NO4. The monoisotopic (exact) mass is 487 g/mol. The van der Waals surface area contributed by atoms with Gasteiger partial charge in [0.25, 0.3) is 0 Å². The Morgan fingerprint density at radius 1 is 0.750 bits per heavy atom. The molecule has 0 bridgehead atoms. The van der Waals surface area contributed by atoms with Crippen LogP contribution >= 0.6 is 0 Å². The molecule has 0 aliphatic carbocycles. The van der Waals surface area contributed by atoms with E-state index in [9.17, 15) is 9.59 Å². The van der Waals surface area contributed by atoms with E-state index in [1.165, 1.54) is 5.69 Å². The third kappa shape index (κ3) is 10.2. The van der Waals surface area contributed by atoms with E-state index in [1.807, 2.05) is 0 Å². The van der Waals surface area contributed by atoms with Gasteiger partial charge in [0, 0.05) is 37.3 Å². The molecule has 0 N–H and O–H groups in total. The van der Waals surface area contributed by atoms with Gasteiger partial charge >= 0.3 is 11.9 Å². The SMILES string of the molecule is C=CC(=O)OCCC/C(=C/c1ccc(/C=C/c2ccc(N(CC)CC)cc2)cc1)CCOC(=O)C=C. The fourth-order valence-corrected chi connectivity index (χ4v) is 3.66. The number of benzene rings is 2. The van der Waals surface area contributed by atoms with E-state index in [0.717, 1.165) is 53.9 Å².